The number of hydrogen-bond donors (Lipinski definition) is 2. The highest BCUT2D eigenvalue weighted by molar-refractivity contribution is 8.00. The Labute approximate surface area is 181 Å². The topological polar surface area (TPSA) is 81.1 Å². The Hall–Kier alpha value is -3.00. The maximum absolute atomic E-state index is 12.6. The van der Waals surface area contributed by atoms with Gasteiger partial charge in [0.1, 0.15) is 5.75 Å². The van der Waals surface area contributed by atoms with E-state index in [1.165, 1.54) is 11.8 Å². The number of methoxy groups -OCH3 is 1. The van der Waals surface area contributed by atoms with E-state index in [1.807, 2.05) is 73.9 Å². The van der Waals surface area contributed by atoms with Crippen molar-refractivity contribution in [1.82, 2.24) is 14.8 Å². The third-order valence-electron chi connectivity index (χ3n) is 4.70. The number of anilines is 2. The highest BCUT2D eigenvalue weighted by atomic mass is 32.2. The normalized spacial score (nSPS) is 11.7. The summed E-state index contributed by atoms with van der Waals surface area (Å²) in [6.07, 6.45) is 0. The van der Waals surface area contributed by atoms with Crippen LogP contribution in [0.3, 0.4) is 0 Å². The van der Waals surface area contributed by atoms with Gasteiger partial charge in [-0.1, -0.05) is 30.0 Å². The fourth-order valence-electron chi connectivity index (χ4n) is 2.90. The highest BCUT2D eigenvalue weighted by Crippen LogP contribution is 2.25. The smallest absolute Gasteiger partial charge is 0.237 e. The molecule has 0 saturated carbocycles. The molecule has 30 heavy (non-hydrogen) atoms. The van der Waals surface area contributed by atoms with Crippen molar-refractivity contribution in [2.24, 2.45) is 0 Å². The molecule has 0 radical (unpaired) electrons. The SMILES string of the molecule is CCn1c(CNc2ccc(OC)cc2)nnc1S[C@@H](C)C(=O)Nc1ccccc1C. The van der Waals surface area contributed by atoms with Crippen molar-refractivity contribution < 1.29 is 9.53 Å². The zero-order chi connectivity index (χ0) is 21.5. The standard InChI is InChI=1S/C22H27N5O2S/c1-5-27-20(14-23-17-10-12-18(29-4)13-11-17)25-26-22(27)30-16(3)21(28)24-19-9-7-6-8-15(19)2/h6-13,16,23H,5,14H2,1-4H3,(H,24,28)/t16-/m0/s1. The minimum absolute atomic E-state index is 0.0575. The Balaban J connectivity index is 1.62. The molecule has 8 heteroatoms. The number of benzene rings is 2. The number of carbonyl (C=O) groups excluding carboxylic acids is 1. The maximum atomic E-state index is 12.6. The lowest BCUT2D eigenvalue weighted by atomic mass is 10.2. The molecule has 1 amide bonds. The zero-order valence-corrected chi connectivity index (χ0v) is 18.5. The van der Waals surface area contributed by atoms with Gasteiger partial charge in [0.05, 0.1) is 18.9 Å². The number of aryl methyl sites for hydroxylation is 1. The van der Waals surface area contributed by atoms with Gasteiger partial charge in [0.25, 0.3) is 0 Å². The third-order valence-corrected chi connectivity index (χ3v) is 5.79. The summed E-state index contributed by atoms with van der Waals surface area (Å²) in [6.45, 7) is 7.16. The van der Waals surface area contributed by atoms with E-state index in [1.54, 1.807) is 7.11 Å². The van der Waals surface area contributed by atoms with Crippen LogP contribution in [0, 0.1) is 6.92 Å². The molecule has 0 aliphatic carbocycles. The lowest BCUT2D eigenvalue weighted by Gasteiger charge is -2.14. The summed E-state index contributed by atoms with van der Waals surface area (Å²) in [5, 5.41) is 15.4. The van der Waals surface area contributed by atoms with Crippen LogP contribution in [0.15, 0.2) is 53.7 Å². The molecule has 3 aromatic rings. The first kappa shape index (κ1) is 21.7. The summed E-state index contributed by atoms with van der Waals surface area (Å²) >= 11 is 1.41. The van der Waals surface area contributed by atoms with Crippen molar-refractivity contribution >= 4 is 29.0 Å². The molecule has 2 N–H and O–H groups in total. The van der Waals surface area contributed by atoms with Gasteiger partial charge < -0.3 is 19.9 Å². The molecule has 3 rings (SSSR count). The second-order valence-corrected chi connectivity index (χ2v) is 8.10. The molecule has 0 fully saturated rings. The molecule has 0 unspecified atom stereocenters. The van der Waals surface area contributed by atoms with Gasteiger partial charge in [0.15, 0.2) is 11.0 Å². The number of amides is 1. The fraction of sp³-hybridized carbons (Fsp3) is 0.318. The van der Waals surface area contributed by atoms with Crippen LogP contribution in [-0.2, 0) is 17.9 Å². The Morgan fingerprint density at radius 1 is 1.17 bits per heavy atom. The first-order valence-corrected chi connectivity index (χ1v) is 10.7. The van der Waals surface area contributed by atoms with E-state index in [9.17, 15) is 4.79 Å². The highest BCUT2D eigenvalue weighted by Gasteiger charge is 2.20. The summed E-state index contributed by atoms with van der Waals surface area (Å²) in [6, 6.07) is 15.5. The van der Waals surface area contributed by atoms with Crippen molar-refractivity contribution in [3.05, 3.63) is 59.9 Å². The number of aromatic nitrogens is 3. The Morgan fingerprint density at radius 2 is 1.90 bits per heavy atom. The zero-order valence-electron chi connectivity index (χ0n) is 17.7. The van der Waals surface area contributed by atoms with Gasteiger partial charge in [-0.15, -0.1) is 10.2 Å². The van der Waals surface area contributed by atoms with Crippen LogP contribution in [0.4, 0.5) is 11.4 Å². The van der Waals surface area contributed by atoms with E-state index in [-0.39, 0.29) is 11.2 Å². The lowest BCUT2D eigenvalue weighted by molar-refractivity contribution is -0.115. The monoisotopic (exact) mass is 425 g/mol. The molecule has 1 atom stereocenters. The predicted molar refractivity (Wildman–Crippen MR) is 121 cm³/mol. The Kier molecular flexibility index (Phi) is 7.35. The molecular weight excluding hydrogens is 398 g/mol. The number of para-hydroxylation sites is 1. The number of nitrogens with one attached hydrogen (secondary N) is 2. The van der Waals surface area contributed by atoms with Gasteiger partial charge in [-0.25, -0.2) is 0 Å². The third kappa shape index (κ3) is 5.33. The van der Waals surface area contributed by atoms with E-state index in [2.05, 4.69) is 20.8 Å². The molecule has 2 aromatic carbocycles. The molecular formula is C22H27N5O2S. The van der Waals surface area contributed by atoms with Crippen LogP contribution < -0.4 is 15.4 Å². The van der Waals surface area contributed by atoms with Crippen LogP contribution in [-0.4, -0.2) is 33.0 Å². The summed E-state index contributed by atoms with van der Waals surface area (Å²) in [4.78, 5) is 12.6. The van der Waals surface area contributed by atoms with Gasteiger partial charge in [-0.3, -0.25) is 4.79 Å². The van der Waals surface area contributed by atoms with E-state index in [4.69, 9.17) is 4.74 Å². The Morgan fingerprint density at radius 3 is 2.57 bits per heavy atom. The number of hydrogen-bond acceptors (Lipinski definition) is 6. The van der Waals surface area contributed by atoms with Crippen molar-refractivity contribution in [3.8, 4) is 5.75 Å². The fourth-order valence-corrected chi connectivity index (χ4v) is 3.84. The number of rotatable bonds is 9. The average Bonchev–Trinajstić information content (AvgIpc) is 3.15. The van der Waals surface area contributed by atoms with Gasteiger partial charge in [0, 0.05) is 17.9 Å². The van der Waals surface area contributed by atoms with Crippen LogP contribution >= 0.6 is 11.8 Å². The number of ether oxygens (including phenoxy) is 1. The summed E-state index contributed by atoms with van der Waals surface area (Å²) in [7, 11) is 1.65. The van der Waals surface area contributed by atoms with Crippen molar-refractivity contribution in [2.75, 3.05) is 17.7 Å². The number of carbonyl (C=O) groups is 1. The second-order valence-electron chi connectivity index (χ2n) is 6.79. The van der Waals surface area contributed by atoms with Crippen LogP contribution in [0.2, 0.25) is 0 Å². The molecule has 0 saturated heterocycles. The molecule has 1 heterocycles. The first-order chi connectivity index (χ1) is 14.5. The second kappa shape index (κ2) is 10.2. The largest absolute Gasteiger partial charge is 0.497 e. The molecule has 0 bridgehead atoms. The maximum Gasteiger partial charge on any atom is 0.237 e. The van der Waals surface area contributed by atoms with Gasteiger partial charge in [-0.05, 0) is 56.7 Å². The average molecular weight is 426 g/mol. The van der Waals surface area contributed by atoms with Crippen molar-refractivity contribution in [1.29, 1.82) is 0 Å². The van der Waals surface area contributed by atoms with Crippen molar-refractivity contribution in [2.45, 2.75) is 44.3 Å². The Bertz CT molecular complexity index is 987. The van der Waals surface area contributed by atoms with Gasteiger partial charge >= 0.3 is 0 Å². The predicted octanol–water partition coefficient (Wildman–Crippen LogP) is 4.35. The molecule has 1 aromatic heterocycles. The molecule has 0 spiro atoms. The summed E-state index contributed by atoms with van der Waals surface area (Å²) < 4.78 is 7.21. The van der Waals surface area contributed by atoms with Gasteiger partial charge in [-0.2, -0.15) is 0 Å². The number of thioether (sulfide) groups is 1. The van der Waals surface area contributed by atoms with E-state index in [0.29, 0.717) is 6.54 Å². The van der Waals surface area contributed by atoms with E-state index >= 15 is 0 Å². The van der Waals surface area contributed by atoms with Gasteiger partial charge in [0.2, 0.25) is 5.91 Å². The van der Waals surface area contributed by atoms with E-state index in [0.717, 1.165) is 40.2 Å². The van der Waals surface area contributed by atoms with Crippen LogP contribution in [0.1, 0.15) is 25.2 Å². The minimum atomic E-state index is -0.304. The molecule has 0 aliphatic rings. The molecule has 7 nitrogen and oxygen atoms in total. The summed E-state index contributed by atoms with van der Waals surface area (Å²) in [5.74, 6) is 1.58. The molecule has 0 aliphatic heterocycles. The molecule has 158 valence electrons. The lowest BCUT2D eigenvalue weighted by Crippen LogP contribution is -2.23. The summed E-state index contributed by atoms with van der Waals surface area (Å²) in [5.41, 5.74) is 2.84. The number of nitrogens with zero attached hydrogens (tertiary/aromatic N) is 3. The minimum Gasteiger partial charge on any atom is -0.497 e. The van der Waals surface area contributed by atoms with Crippen molar-refractivity contribution in [3.63, 3.8) is 0 Å². The quantitative estimate of drug-likeness (QED) is 0.496. The van der Waals surface area contributed by atoms with Crippen LogP contribution in [0.25, 0.3) is 0 Å². The van der Waals surface area contributed by atoms with E-state index < -0.39 is 0 Å². The van der Waals surface area contributed by atoms with Crippen LogP contribution in [0.5, 0.6) is 5.75 Å². The first-order valence-electron chi connectivity index (χ1n) is 9.85.